The number of hydrogen-bond donors (Lipinski definition) is 1. The molecule has 18 heavy (non-hydrogen) atoms. The second-order valence-corrected chi connectivity index (χ2v) is 4.12. The largest absolute Gasteiger partial charge is 0.383 e. The summed E-state index contributed by atoms with van der Waals surface area (Å²) in [5, 5.41) is 0.971. The highest BCUT2D eigenvalue weighted by Gasteiger charge is 2.16. The molecule has 0 radical (unpaired) electrons. The maximum Gasteiger partial charge on any atom is 0.254 e. The molecule has 2 aromatic rings. The zero-order valence-electron chi connectivity index (χ0n) is 10.8. The van der Waals surface area contributed by atoms with Gasteiger partial charge in [0, 0.05) is 42.9 Å². The summed E-state index contributed by atoms with van der Waals surface area (Å²) in [5.74, 6) is 0.0553. The number of rotatable bonds is 5. The van der Waals surface area contributed by atoms with Crippen LogP contribution in [0.25, 0.3) is 10.9 Å². The van der Waals surface area contributed by atoms with Gasteiger partial charge in [-0.15, -0.1) is 0 Å². The Morgan fingerprint density at radius 3 is 2.94 bits per heavy atom. The van der Waals surface area contributed by atoms with Crippen molar-refractivity contribution in [2.75, 3.05) is 26.8 Å². The number of nitrogens with one attached hydrogen (secondary N) is 1. The molecule has 4 nitrogen and oxygen atoms in total. The normalized spacial score (nSPS) is 10.8. The molecule has 1 aromatic heterocycles. The van der Waals surface area contributed by atoms with Gasteiger partial charge in [0.2, 0.25) is 0 Å². The molecule has 2 rings (SSSR count). The van der Waals surface area contributed by atoms with Crippen molar-refractivity contribution in [3.05, 3.63) is 36.0 Å². The Balaban J connectivity index is 2.29. The smallest absolute Gasteiger partial charge is 0.254 e. The first-order valence-electron chi connectivity index (χ1n) is 6.12. The van der Waals surface area contributed by atoms with Gasteiger partial charge in [-0.1, -0.05) is 6.07 Å². The fourth-order valence-corrected chi connectivity index (χ4v) is 2.05. The third kappa shape index (κ3) is 2.38. The zero-order valence-corrected chi connectivity index (χ0v) is 10.8. The van der Waals surface area contributed by atoms with E-state index in [4.69, 9.17) is 4.74 Å². The molecule has 0 saturated carbocycles. The van der Waals surface area contributed by atoms with Crippen molar-refractivity contribution >= 4 is 16.8 Å². The van der Waals surface area contributed by atoms with Crippen LogP contribution < -0.4 is 0 Å². The van der Waals surface area contributed by atoms with Gasteiger partial charge in [0.1, 0.15) is 0 Å². The Kier molecular flexibility index (Phi) is 3.99. The highest BCUT2D eigenvalue weighted by Crippen LogP contribution is 2.18. The molecule has 0 aliphatic rings. The van der Waals surface area contributed by atoms with Crippen LogP contribution in [-0.2, 0) is 4.74 Å². The maximum absolute atomic E-state index is 12.5. The van der Waals surface area contributed by atoms with E-state index in [2.05, 4.69) is 4.98 Å². The summed E-state index contributed by atoms with van der Waals surface area (Å²) >= 11 is 0. The lowest BCUT2D eigenvalue weighted by atomic mass is 10.1. The minimum atomic E-state index is 0.0553. The maximum atomic E-state index is 12.5. The third-order valence-electron chi connectivity index (χ3n) is 3.06. The van der Waals surface area contributed by atoms with Crippen LogP contribution in [0.3, 0.4) is 0 Å². The molecular formula is C14H18N2O2. The summed E-state index contributed by atoms with van der Waals surface area (Å²) in [5.41, 5.74) is 1.73. The number of hydrogen-bond acceptors (Lipinski definition) is 2. The Bertz CT molecular complexity index is 533. The number of carbonyl (C=O) groups excluding carboxylic acids is 1. The van der Waals surface area contributed by atoms with Gasteiger partial charge < -0.3 is 14.6 Å². The SMILES string of the molecule is CCN(CCOC)C(=O)c1cccc2[nH]ccc12. The number of amides is 1. The number of ether oxygens (including phenoxy) is 1. The van der Waals surface area contributed by atoms with E-state index in [0.717, 1.165) is 16.5 Å². The summed E-state index contributed by atoms with van der Waals surface area (Å²) in [7, 11) is 1.64. The molecule has 0 unspecified atom stereocenters. The van der Waals surface area contributed by atoms with E-state index in [1.165, 1.54) is 0 Å². The van der Waals surface area contributed by atoms with Crippen LogP contribution in [0, 0.1) is 0 Å². The fraction of sp³-hybridized carbons (Fsp3) is 0.357. The minimum Gasteiger partial charge on any atom is -0.383 e. The predicted octanol–water partition coefficient (Wildman–Crippen LogP) is 2.28. The molecule has 0 bridgehead atoms. The van der Waals surface area contributed by atoms with Crippen LogP contribution >= 0.6 is 0 Å². The van der Waals surface area contributed by atoms with Crippen molar-refractivity contribution in [3.8, 4) is 0 Å². The molecule has 0 aliphatic carbocycles. The second-order valence-electron chi connectivity index (χ2n) is 4.12. The lowest BCUT2D eigenvalue weighted by Crippen LogP contribution is -2.33. The molecule has 96 valence electrons. The van der Waals surface area contributed by atoms with E-state index in [1.54, 1.807) is 12.0 Å². The number of carbonyl (C=O) groups is 1. The Hall–Kier alpha value is -1.81. The standard InChI is InChI=1S/C14H18N2O2/c1-3-16(9-10-18-2)14(17)12-5-4-6-13-11(12)7-8-15-13/h4-8,15H,3,9-10H2,1-2H3. The van der Waals surface area contributed by atoms with E-state index in [0.29, 0.717) is 19.7 Å². The van der Waals surface area contributed by atoms with Crippen molar-refractivity contribution in [1.29, 1.82) is 0 Å². The highest BCUT2D eigenvalue weighted by molar-refractivity contribution is 6.06. The first-order chi connectivity index (χ1) is 8.77. The average molecular weight is 246 g/mol. The van der Waals surface area contributed by atoms with Gasteiger partial charge in [0.15, 0.2) is 0 Å². The molecular weight excluding hydrogens is 228 g/mol. The monoisotopic (exact) mass is 246 g/mol. The molecule has 0 saturated heterocycles. The molecule has 1 heterocycles. The van der Waals surface area contributed by atoms with Crippen LogP contribution in [0.2, 0.25) is 0 Å². The predicted molar refractivity (Wildman–Crippen MR) is 71.8 cm³/mol. The number of likely N-dealkylation sites (N-methyl/N-ethyl adjacent to an activating group) is 1. The summed E-state index contributed by atoms with van der Waals surface area (Å²) in [6.07, 6.45) is 1.85. The molecule has 4 heteroatoms. The quantitative estimate of drug-likeness (QED) is 0.879. The van der Waals surface area contributed by atoms with Crippen LogP contribution in [0.15, 0.2) is 30.5 Å². The Morgan fingerprint density at radius 2 is 2.22 bits per heavy atom. The van der Waals surface area contributed by atoms with Gasteiger partial charge in [-0.2, -0.15) is 0 Å². The van der Waals surface area contributed by atoms with Crippen LogP contribution in [0.1, 0.15) is 17.3 Å². The number of nitrogens with zero attached hydrogens (tertiary/aromatic N) is 1. The zero-order chi connectivity index (χ0) is 13.0. The average Bonchev–Trinajstić information content (AvgIpc) is 2.87. The minimum absolute atomic E-state index is 0.0553. The van der Waals surface area contributed by atoms with E-state index in [9.17, 15) is 4.79 Å². The first-order valence-corrected chi connectivity index (χ1v) is 6.12. The van der Waals surface area contributed by atoms with Gasteiger partial charge in [-0.3, -0.25) is 4.79 Å². The molecule has 0 spiro atoms. The number of methoxy groups -OCH3 is 1. The van der Waals surface area contributed by atoms with Crippen LogP contribution in [0.4, 0.5) is 0 Å². The van der Waals surface area contributed by atoms with Crippen LogP contribution in [-0.4, -0.2) is 42.6 Å². The van der Waals surface area contributed by atoms with Crippen molar-refractivity contribution in [1.82, 2.24) is 9.88 Å². The number of H-pyrrole nitrogens is 1. The lowest BCUT2D eigenvalue weighted by Gasteiger charge is -2.20. The van der Waals surface area contributed by atoms with Gasteiger partial charge in [-0.25, -0.2) is 0 Å². The summed E-state index contributed by atoms with van der Waals surface area (Å²) in [6, 6.07) is 7.68. The number of benzene rings is 1. The van der Waals surface area contributed by atoms with Crippen molar-refractivity contribution in [2.24, 2.45) is 0 Å². The summed E-state index contributed by atoms with van der Waals surface area (Å²) in [4.78, 5) is 17.4. The number of aromatic amines is 1. The van der Waals surface area contributed by atoms with Crippen LogP contribution in [0.5, 0.6) is 0 Å². The molecule has 0 atom stereocenters. The van der Waals surface area contributed by atoms with E-state index >= 15 is 0 Å². The summed E-state index contributed by atoms with van der Waals surface area (Å²) < 4.78 is 5.03. The molecule has 1 amide bonds. The van der Waals surface area contributed by atoms with Crippen molar-refractivity contribution < 1.29 is 9.53 Å². The molecule has 0 aliphatic heterocycles. The second kappa shape index (κ2) is 5.69. The Labute approximate surface area is 107 Å². The lowest BCUT2D eigenvalue weighted by molar-refractivity contribution is 0.0708. The fourth-order valence-electron chi connectivity index (χ4n) is 2.05. The van der Waals surface area contributed by atoms with Crippen molar-refractivity contribution in [2.45, 2.75) is 6.92 Å². The van der Waals surface area contributed by atoms with Crippen molar-refractivity contribution in [3.63, 3.8) is 0 Å². The topological polar surface area (TPSA) is 45.3 Å². The number of aromatic nitrogens is 1. The van der Waals surface area contributed by atoms with Gasteiger partial charge in [-0.05, 0) is 25.1 Å². The molecule has 1 aromatic carbocycles. The highest BCUT2D eigenvalue weighted by atomic mass is 16.5. The summed E-state index contributed by atoms with van der Waals surface area (Å²) in [6.45, 7) is 3.84. The van der Waals surface area contributed by atoms with Gasteiger partial charge in [0.05, 0.1) is 6.61 Å². The van der Waals surface area contributed by atoms with E-state index in [1.807, 2.05) is 37.4 Å². The molecule has 1 N–H and O–H groups in total. The van der Waals surface area contributed by atoms with E-state index in [-0.39, 0.29) is 5.91 Å². The third-order valence-corrected chi connectivity index (χ3v) is 3.06. The Morgan fingerprint density at radius 1 is 1.39 bits per heavy atom. The van der Waals surface area contributed by atoms with Gasteiger partial charge >= 0.3 is 0 Å². The first kappa shape index (κ1) is 12.6. The molecule has 0 fully saturated rings. The van der Waals surface area contributed by atoms with Gasteiger partial charge in [0.25, 0.3) is 5.91 Å². The number of fused-ring (bicyclic) bond motifs is 1. The van der Waals surface area contributed by atoms with E-state index < -0.39 is 0 Å².